The molecule has 6 nitrogen and oxygen atoms in total. The van der Waals surface area contributed by atoms with Gasteiger partial charge in [0.05, 0.1) is 6.61 Å². The zero-order valence-electron chi connectivity index (χ0n) is 20.1. The predicted molar refractivity (Wildman–Crippen MR) is 132 cm³/mol. The van der Waals surface area contributed by atoms with Gasteiger partial charge in [-0.25, -0.2) is 8.78 Å². The quantitative estimate of drug-likeness (QED) is 0.505. The van der Waals surface area contributed by atoms with E-state index < -0.39 is 17.2 Å². The van der Waals surface area contributed by atoms with Gasteiger partial charge in [0.1, 0.15) is 12.2 Å². The standard InChI is InChI=1S/C28H25F2N3O3/c1-3-4-11-36-26-24(34)9-10-32-25(26)27(35)31(2)16-33(32)28-19(12-17-7-5-6-8-20(17)28)13-18-14-22(29)23(30)15-21(18)28/h5-10,13-15H,3-4,11-12,16H2,1-2H3. The van der Waals surface area contributed by atoms with Crippen molar-refractivity contribution < 1.29 is 18.3 Å². The molecule has 184 valence electrons. The minimum absolute atomic E-state index is 0.00391. The Hall–Kier alpha value is -3.94. The number of fused-ring (bicyclic) bond motifs is 6. The van der Waals surface area contributed by atoms with E-state index in [1.165, 1.54) is 23.1 Å². The summed E-state index contributed by atoms with van der Waals surface area (Å²) < 4.78 is 36.5. The fraction of sp³-hybridized carbons (Fsp3) is 0.286. The number of halogens is 2. The van der Waals surface area contributed by atoms with Gasteiger partial charge in [0.2, 0.25) is 5.43 Å². The van der Waals surface area contributed by atoms with Gasteiger partial charge in [-0.1, -0.05) is 43.7 Å². The maximum atomic E-state index is 14.7. The highest BCUT2D eigenvalue weighted by atomic mass is 19.2. The molecule has 8 heteroatoms. The van der Waals surface area contributed by atoms with Gasteiger partial charge in [-0.05, 0) is 52.8 Å². The van der Waals surface area contributed by atoms with Crippen LogP contribution < -0.4 is 15.2 Å². The van der Waals surface area contributed by atoms with Crippen molar-refractivity contribution in [2.24, 2.45) is 0 Å². The monoisotopic (exact) mass is 489 g/mol. The number of nitrogens with zero attached hydrogens (tertiary/aromatic N) is 3. The molecule has 2 aliphatic carbocycles. The lowest BCUT2D eigenvalue weighted by molar-refractivity contribution is 0.0713. The topological polar surface area (TPSA) is 54.8 Å². The van der Waals surface area contributed by atoms with Crippen molar-refractivity contribution in [3.63, 3.8) is 0 Å². The van der Waals surface area contributed by atoms with Crippen LogP contribution in [0.2, 0.25) is 0 Å². The molecule has 3 aromatic rings. The summed E-state index contributed by atoms with van der Waals surface area (Å²) in [6, 6.07) is 11.8. The summed E-state index contributed by atoms with van der Waals surface area (Å²) >= 11 is 0. The smallest absolute Gasteiger partial charge is 0.277 e. The highest BCUT2D eigenvalue weighted by Crippen LogP contribution is 2.55. The molecular formula is C28H25F2N3O3. The number of carbonyl (C=O) groups excluding carboxylic acids is 1. The second-order valence-corrected chi connectivity index (χ2v) is 9.52. The number of pyridine rings is 1. The van der Waals surface area contributed by atoms with Crippen LogP contribution in [-0.2, 0) is 12.0 Å². The van der Waals surface area contributed by atoms with E-state index in [9.17, 15) is 18.4 Å². The zero-order chi connectivity index (χ0) is 25.2. The fourth-order valence-electron chi connectivity index (χ4n) is 5.78. The number of unbranched alkanes of at least 4 members (excludes halogenated alkanes) is 1. The molecule has 1 amide bonds. The first-order valence-corrected chi connectivity index (χ1v) is 12.1. The molecule has 0 fully saturated rings. The lowest BCUT2D eigenvalue weighted by atomic mass is 9.83. The van der Waals surface area contributed by atoms with Gasteiger partial charge in [-0.15, -0.1) is 0 Å². The number of ether oxygens (including phenoxy) is 1. The van der Waals surface area contributed by atoms with E-state index in [-0.39, 0.29) is 29.4 Å². The van der Waals surface area contributed by atoms with Crippen LogP contribution >= 0.6 is 0 Å². The summed E-state index contributed by atoms with van der Waals surface area (Å²) in [5, 5.41) is 1.96. The number of hydrogen-bond acceptors (Lipinski definition) is 4. The second-order valence-electron chi connectivity index (χ2n) is 9.52. The Labute approximate surface area is 207 Å². The maximum absolute atomic E-state index is 14.7. The SMILES string of the molecule is CCCCOc1c2n(ccc1=O)N(C13C(=Cc4cc(F)c(F)cc41)Cc1ccccc13)CN(C)C2=O. The molecule has 0 radical (unpaired) electrons. The van der Waals surface area contributed by atoms with Gasteiger partial charge in [0, 0.05) is 19.3 Å². The summed E-state index contributed by atoms with van der Waals surface area (Å²) in [5.74, 6) is -2.18. The fourth-order valence-corrected chi connectivity index (χ4v) is 5.78. The number of aromatic nitrogens is 1. The van der Waals surface area contributed by atoms with Crippen molar-refractivity contribution >= 4 is 12.0 Å². The Kier molecular flexibility index (Phi) is 5.03. The van der Waals surface area contributed by atoms with Crippen LogP contribution in [0.3, 0.4) is 0 Å². The zero-order valence-corrected chi connectivity index (χ0v) is 20.1. The van der Waals surface area contributed by atoms with E-state index in [2.05, 4.69) is 0 Å². The van der Waals surface area contributed by atoms with Gasteiger partial charge in [0.15, 0.2) is 23.1 Å². The van der Waals surface area contributed by atoms with E-state index >= 15 is 0 Å². The molecule has 0 N–H and O–H groups in total. The molecule has 36 heavy (non-hydrogen) atoms. The van der Waals surface area contributed by atoms with Crippen LogP contribution in [0, 0.1) is 11.6 Å². The van der Waals surface area contributed by atoms with Crippen molar-refractivity contribution in [1.29, 1.82) is 0 Å². The number of benzene rings is 2. The molecule has 1 atom stereocenters. The van der Waals surface area contributed by atoms with Crippen molar-refractivity contribution in [3.8, 4) is 5.75 Å². The first-order valence-electron chi connectivity index (χ1n) is 12.1. The molecule has 0 spiro atoms. The summed E-state index contributed by atoms with van der Waals surface area (Å²) in [6.07, 6.45) is 5.69. The van der Waals surface area contributed by atoms with Crippen molar-refractivity contribution in [1.82, 2.24) is 9.58 Å². The molecule has 0 bridgehead atoms. The number of hydrogen-bond donors (Lipinski definition) is 0. The molecule has 2 aromatic carbocycles. The van der Waals surface area contributed by atoms with E-state index in [4.69, 9.17) is 4.74 Å². The third kappa shape index (κ3) is 2.93. The highest BCUT2D eigenvalue weighted by molar-refractivity contribution is 5.96. The third-order valence-corrected chi connectivity index (χ3v) is 7.39. The van der Waals surface area contributed by atoms with Gasteiger partial charge < -0.3 is 9.64 Å². The van der Waals surface area contributed by atoms with E-state index in [1.54, 1.807) is 17.9 Å². The van der Waals surface area contributed by atoms with E-state index in [0.717, 1.165) is 29.5 Å². The molecule has 1 aromatic heterocycles. The van der Waals surface area contributed by atoms with Gasteiger partial charge in [-0.3, -0.25) is 19.3 Å². The van der Waals surface area contributed by atoms with Crippen molar-refractivity contribution in [3.05, 3.63) is 104 Å². The van der Waals surface area contributed by atoms with Crippen LogP contribution in [0.15, 0.2) is 59.0 Å². The molecular weight excluding hydrogens is 464 g/mol. The van der Waals surface area contributed by atoms with Crippen molar-refractivity contribution in [2.45, 2.75) is 31.7 Å². The third-order valence-electron chi connectivity index (χ3n) is 7.39. The first-order chi connectivity index (χ1) is 17.4. The Bertz CT molecular complexity index is 1510. The molecule has 2 heterocycles. The minimum Gasteiger partial charge on any atom is -0.487 e. The van der Waals surface area contributed by atoms with Gasteiger partial charge in [-0.2, -0.15) is 0 Å². The Morgan fingerprint density at radius 1 is 1.06 bits per heavy atom. The molecule has 3 aliphatic rings. The lowest BCUT2D eigenvalue weighted by Gasteiger charge is -2.49. The van der Waals surface area contributed by atoms with Crippen LogP contribution in [0.25, 0.3) is 6.08 Å². The number of rotatable bonds is 5. The van der Waals surface area contributed by atoms with E-state index in [1.807, 2.05) is 42.3 Å². The maximum Gasteiger partial charge on any atom is 0.277 e. The summed E-state index contributed by atoms with van der Waals surface area (Å²) in [6.45, 7) is 2.49. The average molecular weight is 490 g/mol. The Balaban J connectivity index is 1.64. The molecule has 0 saturated carbocycles. The minimum atomic E-state index is -0.986. The lowest BCUT2D eigenvalue weighted by Crippen LogP contribution is -2.61. The molecule has 1 unspecified atom stereocenters. The van der Waals surface area contributed by atoms with Crippen LogP contribution in [0.4, 0.5) is 8.78 Å². The number of amides is 1. The van der Waals surface area contributed by atoms with Gasteiger partial charge in [0.25, 0.3) is 5.91 Å². The molecule has 0 saturated heterocycles. The van der Waals surface area contributed by atoms with Crippen LogP contribution in [-0.4, -0.2) is 35.8 Å². The van der Waals surface area contributed by atoms with Crippen LogP contribution in [0.1, 0.15) is 52.5 Å². The summed E-state index contributed by atoms with van der Waals surface area (Å²) in [7, 11) is 1.66. The number of carbonyl (C=O) groups is 1. The summed E-state index contributed by atoms with van der Waals surface area (Å²) in [4.78, 5) is 27.8. The second kappa shape index (κ2) is 8.05. The van der Waals surface area contributed by atoms with Gasteiger partial charge >= 0.3 is 0 Å². The average Bonchev–Trinajstić information content (AvgIpc) is 3.34. The van der Waals surface area contributed by atoms with Crippen LogP contribution in [0.5, 0.6) is 5.75 Å². The Morgan fingerprint density at radius 2 is 1.83 bits per heavy atom. The normalized spacial score (nSPS) is 19.6. The first kappa shape index (κ1) is 22.5. The largest absolute Gasteiger partial charge is 0.487 e. The Morgan fingerprint density at radius 3 is 2.64 bits per heavy atom. The highest BCUT2D eigenvalue weighted by Gasteiger charge is 2.55. The predicted octanol–water partition coefficient (Wildman–Crippen LogP) is 4.18. The summed E-state index contributed by atoms with van der Waals surface area (Å²) in [5.41, 5.74) is 2.91. The van der Waals surface area contributed by atoms with E-state index in [0.29, 0.717) is 24.2 Å². The van der Waals surface area contributed by atoms with Crippen molar-refractivity contribution in [2.75, 3.05) is 25.3 Å². The molecule has 6 rings (SSSR count). The molecule has 1 aliphatic heterocycles.